The number of hydrogen-bond acceptors (Lipinski definition) is 5. The highest BCUT2D eigenvalue weighted by Crippen LogP contribution is 2.23. The molecule has 0 amide bonds. The molecule has 1 N–H and O–H groups in total. The molecule has 6 nitrogen and oxygen atoms in total. The number of rotatable bonds is 4. The van der Waals surface area contributed by atoms with Gasteiger partial charge in [-0.05, 0) is 12.1 Å². The Kier molecular flexibility index (Phi) is 3.56. The molecule has 1 aromatic rings. The predicted octanol–water partition coefficient (Wildman–Crippen LogP) is -0.240. The molecule has 0 bridgehead atoms. The molecule has 7 heteroatoms. The number of aromatic nitrogens is 1. The van der Waals surface area contributed by atoms with E-state index in [0.29, 0.717) is 5.92 Å². The van der Waals surface area contributed by atoms with E-state index in [1.807, 2.05) is 4.90 Å². The molecule has 0 atom stereocenters. The lowest BCUT2D eigenvalue weighted by Crippen LogP contribution is -2.48. The largest absolute Gasteiger partial charge is 0.396 e. The summed E-state index contributed by atoms with van der Waals surface area (Å²) in [4.78, 5) is 6.35. The molecule has 0 spiro atoms. The maximum absolute atomic E-state index is 11.8. The summed E-state index contributed by atoms with van der Waals surface area (Å²) in [6.45, 7) is 1.72. The lowest BCUT2D eigenvalue weighted by atomic mass is 10.0. The van der Waals surface area contributed by atoms with Crippen LogP contribution in [0.25, 0.3) is 0 Å². The maximum atomic E-state index is 11.8. The molecule has 2 heterocycles. The van der Waals surface area contributed by atoms with Crippen LogP contribution in [-0.4, -0.2) is 56.6 Å². The first kappa shape index (κ1) is 13.3. The van der Waals surface area contributed by atoms with Crippen molar-refractivity contribution in [3.05, 3.63) is 18.3 Å². The smallest absolute Gasteiger partial charge is 0.244 e. The van der Waals surface area contributed by atoms with Gasteiger partial charge in [-0.1, -0.05) is 0 Å². The first-order valence-corrected chi connectivity index (χ1v) is 7.13. The van der Waals surface area contributed by atoms with Gasteiger partial charge in [-0.25, -0.2) is 17.7 Å². The predicted molar refractivity (Wildman–Crippen MR) is 67.9 cm³/mol. The van der Waals surface area contributed by atoms with Crippen LogP contribution in [0.15, 0.2) is 23.2 Å². The van der Waals surface area contributed by atoms with E-state index in [-0.39, 0.29) is 11.5 Å². The molecule has 1 aliphatic rings. The van der Waals surface area contributed by atoms with E-state index < -0.39 is 10.0 Å². The molecule has 0 radical (unpaired) electrons. The number of nitrogens with zero attached hydrogens (tertiary/aromatic N) is 3. The number of pyridine rings is 1. The molecule has 18 heavy (non-hydrogen) atoms. The van der Waals surface area contributed by atoms with E-state index in [1.54, 1.807) is 12.1 Å². The van der Waals surface area contributed by atoms with E-state index >= 15 is 0 Å². The van der Waals surface area contributed by atoms with Crippen LogP contribution >= 0.6 is 0 Å². The van der Waals surface area contributed by atoms with Crippen molar-refractivity contribution < 1.29 is 13.5 Å². The van der Waals surface area contributed by atoms with Crippen molar-refractivity contribution in [3.63, 3.8) is 0 Å². The van der Waals surface area contributed by atoms with Crippen LogP contribution in [0.4, 0.5) is 5.82 Å². The van der Waals surface area contributed by atoms with Gasteiger partial charge in [0, 0.05) is 45.9 Å². The van der Waals surface area contributed by atoms with Crippen LogP contribution in [0.5, 0.6) is 0 Å². The van der Waals surface area contributed by atoms with E-state index in [0.717, 1.165) is 23.2 Å². The number of aliphatic hydroxyl groups is 1. The van der Waals surface area contributed by atoms with Crippen LogP contribution in [-0.2, 0) is 10.0 Å². The topological polar surface area (TPSA) is 73.7 Å². The van der Waals surface area contributed by atoms with Crippen LogP contribution < -0.4 is 4.90 Å². The highest BCUT2D eigenvalue weighted by Gasteiger charge is 2.27. The summed E-state index contributed by atoms with van der Waals surface area (Å²) >= 11 is 0. The van der Waals surface area contributed by atoms with Gasteiger partial charge in [0.1, 0.15) is 10.7 Å². The molecule has 100 valence electrons. The first-order valence-electron chi connectivity index (χ1n) is 5.69. The zero-order valence-electron chi connectivity index (χ0n) is 10.4. The Morgan fingerprint density at radius 1 is 1.44 bits per heavy atom. The second-order valence-corrected chi connectivity index (χ2v) is 6.74. The summed E-state index contributed by atoms with van der Waals surface area (Å²) in [6, 6.07) is 3.26. The number of sulfonamides is 1. The average Bonchev–Trinajstić information content (AvgIpc) is 2.28. The lowest BCUT2D eigenvalue weighted by molar-refractivity contribution is 0.200. The van der Waals surface area contributed by atoms with Gasteiger partial charge in [0.25, 0.3) is 0 Å². The Balaban J connectivity index is 2.12. The van der Waals surface area contributed by atoms with Crippen molar-refractivity contribution in [3.8, 4) is 0 Å². The molecule has 0 aliphatic carbocycles. The summed E-state index contributed by atoms with van der Waals surface area (Å²) in [5, 5.41) is 8.93. The Labute approximate surface area is 107 Å². The summed E-state index contributed by atoms with van der Waals surface area (Å²) < 4.78 is 24.8. The van der Waals surface area contributed by atoms with Crippen molar-refractivity contribution in [2.45, 2.75) is 4.90 Å². The Morgan fingerprint density at radius 3 is 2.56 bits per heavy atom. The Hall–Kier alpha value is -1.18. The van der Waals surface area contributed by atoms with Gasteiger partial charge in [-0.3, -0.25) is 0 Å². The Bertz CT molecular complexity index is 507. The van der Waals surface area contributed by atoms with Crippen molar-refractivity contribution in [2.75, 3.05) is 38.7 Å². The molecule has 1 aromatic heterocycles. The van der Waals surface area contributed by atoms with Crippen molar-refractivity contribution in [1.82, 2.24) is 9.29 Å². The van der Waals surface area contributed by atoms with Gasteiger partial charge in [-0.2, -0.15) is 0 Å². The second-order valence-electron chi connectivity index (χ2n) is 4.59. The first-order chi connectivity index (χ1) is 8.45. The van der Waals surface area contributed by atoms with Gasteiger partial charge < -0.3 is 10.0 Å². The van der Waals surface area contributed by atoms with E-state index in [2.05, 4.69) is 4.98 Å². The van der Waals surface area contributed by atoms with Crippen LogP contribution in [0.2, 0.25) is 0 Å². The zero-order chi connectivity index (χ0) is 13.3. The van der Waals surface area contributed by atoms with Gasteiger partial charge in [0.15, 0.2) is 0 Å². The fourth-order valence-electron chi connectivity index (χ4n) is 1.80. The minimum absolute atomic E-state index is 0.184. The highest BCUT2D eigenvalue weighted by atomic mass is 32.2. The van der Waals surface area contributed by atoms with Gasteiger partial charge in [0.2, 0.25) is 10.0 Å². The van der Waals surface area contributed by atoms with Crippen LogP contribution in [0.3, 0.4) is 0 Å². The monoisotopic (exact) mass is 271 g/mol. The van der Waals surface area contributed by atoms with E-state index in [9.17, 15) is 8.42 Å². The summed E-state index contributed by atoms with van der Waals surface area (Å²) in [7, 11) is -0.430. The third-order valence-corrected chi connectivity index (χ3v) is 4.84. The van der Waals surface area contributed by atoms with E-state index in [1.165, 1.54) is 20.3 Å². The molecule has 0 unspecified atom stereocenters. The number of anilines is 1. The minimum atomic E-state index is -3.41. The van der Waals surface area contributed by atoms with E-state index in [4.69, 9.17) is 5.11 Å². The van der Waals surface area contributed by atoms with Gasteiger partial charge in [-0.15, -0.1) is 0 Å². The molecular weight excluding hydrogens is 254 g/mol. The summed E-state index contributed by atoms with van der Waals surface area (Å²) in [6.07, 6.45) is 1.37. The lowest BCUT2D eigenvalue weighted by Gasteiger charge is -2.39. The zero-order valence-corrected chi connectivity index (χ0v) is 11.3. The standard InChI is InChI=1S/C11H17N3O3S/c1-13(2)18(16,17)10-3-4-11(12-5-10)14-6-9(7-14)8-15/h3-5,9,15H,6-8H2,1-2H3. The fourth-order valence-corrected chi connectivity index (χ4v) is 2.64. The normalized spacial score (nSPS) is 17.0. The number of hydrogen-bond donors (Lipinski definition) is 1. The molecule has 2 rings (SSSR count). The van der Waals surface area contributed by atoms with Gasteiger partial charge >= 0.3 is 0 Å². The van der Waals surface area contributed by atoms with Gasteiger partial charge in [0.05, 0.1) is 0 Å². The molecule has 0 aromatic carbocycles. The third kappa shape index (κ3) is 2.33. The second kappa shape index (κ2) is 4.83. The summed E-state index contributed by atoms with van der Waals surface area (Å²) in [5.41, 5.74) is 0. The third-order valence-electron chi connectivity index (χ3n) is 3.04. The SMILES string of the molecule is CN(C)S(=O)(=O)c1ccc(N2CC(CO)C2)nc1. The maximum Gasteiger partial charge on any atom is 0.244 e. The molecular formula is C11H17N3O3S. The molecule has 1 saturated heterocycles. The summed E-state index contributed by atoms with van der Waals surface area (Å²) in [5.74, 6) is 1.05. The van der Waals surface area contributed by atoms with Crippen molar-refractivity contribution in [1.29, 1.82) is 0 Å². The Morgan fingerprint density at radius 2 is 2.11 bits per heavy atom. The van der Waals surface area contributed by atoms with Crippen molar-refractivity contribution in [2.24, 2.45) is 5.92 Å². The van der Waals surface area contributed by atoms with Crippen molar-refractivity contribution >= 4 is 15.8 Å². The highest BCUT2D eigenvalue weighted by molar-refractivity contribution is 7.89. The average molecular weight is 271 g/mol. The molecule has 1 fully saturated rings. The minimum Gasteiger partial charge on any atom is -0.396 e. The molecule has 0 saturated carbocycles. The number of aliphatic hydroxyl groups excluding tert-OH is 1. The van der Waals surface area contributed by atoms with Crippen LogP contribution in [0.1, 0.15) is 0 Å². The van der Waals surface area contributed by atoms with Crippen LogP contribution in [0, 0.1) is 5.92 Å². The molecule has 1 aliphatic heterocycles. The quantitative estimate of drug-likeness (QED) is 0.818. The fraction of sp³-hybridized carbons (Fsp3) is 0.545.